The van der Waals surface area contributed by atoms with E-state index in [1.54, 1.807) is 25.4 Å². The van der Waals surface area contributed by atoms with E-state index in [-0.39, 0.29) is 0 Å². The maximum atomic E-state index is 9.04. The summed E-state index contributed by atoms with van der Waals surface area (Å²) in [5, 5.41) is 9.95. The molecule has 1 N–H and O–H groups in total. The number of anilines is 1. The third-order valence-electron chi connectivity index (χ3n) is 2.93. The molecule has 0 aliphatic heterocycles. The lowest BCUT2D eigenvalue weighted by Gasteiger charge is -2.23. The molecule has 0 amide bonds. The quantitative estimate of drug-likeness (QED) is 0.751. The van der Waals surface area contributed by atoms with E-state index >= 15 is 0 Å². The van der Waals surface area contributed by atoms with Gasteiger partial charge in [-0.3, -0.25) is 0 Å². The molecule has 5 nitrogen and oxygen atoms in total. The Morgan fingerprint density at radius 2 is 2.32 bits per heavy atom. The van der Waals surface area contributed by atoms with E-state index in [1.807, 2.05) is 0 Å². The molecule has 0 fully saturated rings. The van der Waals surface area contributed by atoms with Gasteiger partial charge in [0.25, 0.3) is 0 Å². The Hall–Kier alpha value is -1.53. The van der Waals surface area contributed by atoms with Crippen molar-refractivity contribution in [3.8, 4) is 0 Å². The fraction of sp³-hybridized carbons (Fsp3) is 0.462. The topological polar surface area (TPSA) is 58.7 Å². The monoisotopic (exact) mass is 261 g/mol. The lowest BCUT2D eigenvalue weighted by molar-refractivity contribution is 0.205. The zero-order chi connectivity index (χ0) is 13.7. The molecule has 2 heterocycles. The zero-order valence-corrected chi connectivity index (χ0v) is 11.3. The third-order valence-corrected chi connectivity index (χ3v) is 2.93. The van der Waals surface area contributed by atoms with E-state index in [4.69, 9.17) is 14.2 Å². The Morgan fingerprint density at radius 1 is 1.47 bits per heavy atom. The molecule has 0 atom stereocenters. The summed E-state index contributed by atoms with van der Waals surface area (Å²) in [4.78, 5) is 6.61. The van der Waals surface area contributed by atoms with Gasteiger partial charge in [-0.15, -0.1) is 0 Å². The normalized spacial score (nSPS) is 10.9. The van der Waals surface area contributed by atoms with Crippen LogP contribution >= 0.6 is 0 Å². The fourth-order valence-corrected chi connectivity index (χ4v) is 2.08. The van der Waals surface area contributed by atoms with Crippen LogP contribution in [0.5, 0.6) is 0 Å². The molecule has 1 radical (unpaired) electrons. The molecule has 0 aliphatic carbocycles. The van der Waals surface area contributed by atoms with E-state index in [9.17, 15) is 0 Å². The number of hydrogen-bond acceptors (Lipinski definition) is 5. The van der Waals surface area contributed by atoms with Gasteiger partial charge in [0, 0.05) is 26.4 Å². The highest BCUT2D eigenvalue weighted by molar-refractivity contribution is 6.44. The Kier molecular flexibility index (Phi) is 4.82. The highest BCUT2D eigenvalue weighted by Crippen LogP contribution is 2.24. The summed E-state index contributed by atoms with van der Waals surface area (Å²) in [6, 6.07) is 3.60. The number of hydrogen-bond donors (Lipinski definition) is 1. The molecule has 0 saturated heterocycles. The Balaban J connectivity index is 2.37. The van der Waals surface area contributed by atoms with Crippen molar-refractivity contribution in [3.05, 3.63) is 18.3 Å². The van der Waals surface area contributed by atoms with Crippen LogP contribution in [0.4, 0.5) is 5.82 Å². The van der Waals surface area contributed by atoms with Crippen molar-refractivity contribution in [2.45, 2.75) is 13.3 Å². The van der Waals surface area contributed by atoms with Crippen LogP contribution in [0, 0.1) is 0 Å². The number of furan rings is 1. The van der Waals surface area contributed by atoms with Crippen LogP contribution in [-0.4, -0.2) is 44.3 Å². The van der Waals surface area contributed by atoms with Crippen LogP contribution in [0.1, 0.15) is 13.3 Å². The summed E-state index contributed by atoms with van der Waals surface area (Å²) in [7, 11) is 2.65. The molecule has 101 valence electrons. The number of fused-ring (bicyclic) bond motifs is 1. The molecular formula is C13H18BN2O3. The first-order valence-corrected chi connectivity index (χ1v) is 6.40. The molecule has 0 unspecified atom stereocenters. The van der Waals surface area contributed by atoms with Crippen molar-refractivity contribution in [2.24, 2.45) is 0 Å². The second kappa shape index (κ2) is 6.59. The molecule has 19 heavy (non-hydrogen) atoms. The summed E-state index contributed by atoms with van der Waals surface area (Å²) >= 11 is 0. The summed E-state index contributed by atoms with van der Waals surface area (Å²) in [5.41, 5.74) is 1.16. The predicted molar refractivity (Wildman–Crippen MR) is 76.0 cm³/mol. The van der Waals surface area contributed by atoms with Gasteiger partial charge in [0.1, 0.15) is 11.4 Å². The maximum Gasteiger partial charge on any atom is 0.373 e. The van der Waals surface area contributed by atoms with Gasteiger partial charge in [-0.1, -0.05) is 6.92 Å². The van der Waals surface area contributed by atoms with Gasteiger partial charge in [-0.05, 0) is 18.6 Å². The van der Waals surface area contributed by atoms with Gasteiger partial charge in [-0.2, -0.15) is 0 Å². The van der Waals surface area contributed by atoms with Crippen LogP contribution in [-0.2, 0) is 4.74 Å². The maximum absolute atomic E-state index is 9.04. The van der Waals surface area contributed by atoms with Crippen molar-refractivity contribution in [1.29, 1.82) is 0 Å². The van der Waals surface area contributed by atoms with E-state index in [0.717, 1.165) is 43.8 Å². The van der Waals surface area contributed by atoms with Gasteiger partial charge in [0.2, 0.25) is 0 Å². The van der Waals surface area contributed by atoms with Crippen LogP contribution < -0.4 is 10.6 Å². The lowest BCUT2D eigenvalue weighted by atomic mass is 9.98. The van der Waals surface area contributed by atoms with Gasteiger partial charge in [-0.25, -0.2) is 4.98 Å². The Labute approximate surface area is 113 Å². The lowest BCUT2D eigenvalue weighted by Crippen LogP contribution is -2.28. The molecule has 0 spiro atoms. The van der Waals surface area contributed by atoms with Gasteiger partial charge < -0.3 is 19.1 Å². The summed E-state index contributed by atoms with van der Waals surface area (Å²) in [6.07, 6.45) is 2.75. The van der Waals surface area contributed by atoms with Crippen molar-refractivity contribution < 1.29 is 14.2 Å². The summed E-state index contributed by atoms with van der Waals surface area (Å²) in [6.45, 7) is 4.45. The van der Waals surface area contributed by atoms with Gasteiger partial charge in [0.05, 0.1) is 17.7 Å². The second-order valence-corrected chi connectivity index (χ2v) is 4.30. The third kappa shape index (κ3) is 3.08. The van der Waals surface area contributed by atoms with E-state index in [2.05, 4.69) is 16.8 Å². The predicted octanol–water partition coefficient (Wildman–Crippen LogP) is 0.927. The van der Waals surface area contributed by atoms with Crippen molar-refractivity contribution >= 4 is 29.9 Å². The molecule has 0 bridgehead atoms. The minimum absolute atomic E-state index is 0.437. The second-order valence-electron chi connectivity index (χ2n) is 4.30. The number of nitrogens with zero attached hydrogens (tertiary/aromatic N) is 2. The fourth-order valence-electron chi connectivity index (χ4n) is 2.08. The highest BCUT2D eigenvalue weighted by Gasteiger charge is 2.14. The molecule has 2 aromatic rings. The van der Waals surface area contributed by atoms with Gasteiger partial charge >= 0.3 is 7.48 Å². The smallest absolute Gasteiger partial charge is 0.373 e. The highest BCUT2D eigenvalue weighted by atomic mass is 16.5. The number of rotatable bonds is 7. The van der Waals surface area contributed by atoms with Crippen LogP contribution in [0.2, 0.25) is 0 Å². The number of ether oxygens (including phenoxy) is 1. The Bertz CT molecular complexity index is 530. The molecule has 6 heteroatoms. The standard InChI is InChI=1S/C13H18BN2O3/c1-3-6-16(7-8-18-2)13-10-9-12(14-17)19-11(10)4-5-15-13/h4-5,9,17H,3,6-8H2,1-2H3. The number of aromatic nitrogens is 1. The molecule has 0 aromatic carbocycles. The molecule has 0 aliphatic rings. The minimum atomic E-state index is 0.437. The Morgan fingerprint density at radius 3 is 3.00 bits per heavy atom. The van der Waals surface area contributed by atoms with Gasteiger partial charge in [0.15, 0.2) is 0 Å². The summed E-state index contributed by atoms with van der Waals surface area (Å²) in [5.74, 6) is 0.869. The van der Waals surface area contributed by atoms with Crippen LogP contribution in [0.15, 0.2) is 22.7 Å². The first-order chi connectivity index (χ1) is 9.30. The summed E-state index contributed by atoms with van der Waals surface area (Å²) < 4.78 is 10.6. The largest absolute Gasteiger partial charge is 0.468 e. The SMILES string of the molecule is CCCN(CCOC)c1nccc2oc([B]O)cc12. The van der Waals surface area contributed by atoms with Crippen LogP contribution in [0.25, 0.3) is 11.0 Å². The van der Waals surface area contributed by atoms with E-state index in [1.165, 1.54) is 0 Å². The molecule has 0 saturated carbocycles. The minimum Gasteiger partial charge on any atom is -0.468 e. The molecular weight excluding hydrogens is 243 g/mol. The molecule has 2 aromatic heterocycles. The van der Waals surface area contributed by atoms with Crippen molar-refractivity contribution in [2.75, 3.05) is 31.7 Å². The number of pyridine rings is 1. The first-order valence-electron chi connectivity index (χ1n) is 6.40. The van der Waals surface area contributed by atoms with Crippen molar-refractivity contribution in [3.63, 3.8) is 0 Å². The molecule has 2 rings (SSSR count). The average Bonchev–Trinajstić information content (AvgIpc) is 2.86. The van der Waals surface area contributed by atoms with E-state index < -0.39 is 0 Å². The van der Waals surface area contributed by atoms with Crippen LogP contribution in [0.3, 0.4) is 0 Å². The number of methoxy groups -OCH3 is 1. The first kappa shape index (κ1) is 13.9. The van der Waals surface area contributed by atoms with E-state index in [0.29, 0.717) is 12.3 Å². The average molecular weight is 261 g/mol. The zero-order valence-electron chi connectivity index (χ0n) is 11.3. The van der Waals surface area contributed by atoms with Crippen molar-refractivity contribution in [1.82, 2.24) is 4.98 Å².